The first-order valence-corrected chi connectivity index (χ1v) is 8.92. The fourth-order valence-corrected chi connectivity index (χ4v) is 4.39. The number of hydrogen-bond acceptors (Lipinski definition) is 1. The van der Waals surface area contributed by atoms with Crippen LogP contribution in [-0.4, -0.2) is 6.54 Å². The minimum Gasteiger partial charge on any atom is -0.310 e. The third kappa shape index (κ3) is 3.94. The zero-order chi connectivity index (χ0) is 15.5. The van der Waals surface area contributed by atoms with Gasteiger partial charge in [0.05, 0.1) is 10.0 Å². The van der Waals surface area contributed by atoms with Gasteiger partial charge in [0.25, 0.3) is 0 Å². The lowest BCUT2D eigenvalue weighted by molar-refractivity contribution is 0.157. The topological polar surface area (TPSA) is 12.0 Å². The molecule has 1 atom stereocenters. The average molecular weight is 328 g/mol. The van der Waals surface area contributed by atoms with Crippen molar-refractivity contribution in [1.82, 2.24) is 5.32 Å². The van der Waals surface area contributed by atoms with Gasteiger partial charge in [0.15, 0.2) is 0 Å². The molecule has 0 heterocycles. The van der Waals surface area contributed by atoms with Crippen LogP contribution in [0.25, 0.3) is 0 Å². The van der Waals surface area contributed by atoms with Gasteiger partial charge < -0.3 is 5.32 Å². The maximum atomic E-state index is 6.26. The van der Waals surface area contributed by atoms with Crippen LogP contribution in [0, 0.1) is 11.3 Å². The number of rotatable bonds is 6. The second-order valence-electron chi connectivity index (χ2n) is 6.83. The van der Waals surface area contributed by atoms with Crippen LogP contribution in [0.1, 0.15) is 64.5 Å². The van der Waals surface area contributed by atoms with Crippen LogP contribution < -0.4 is 5.32 Å². The summed E-state index contributed by atoms with van der Waals surface area (Å²) in [5.74, 6) is 0.715. The average Bonchev–Trinajstić information content (AvgIpc) is 2.88. The third-order valence-electron chi connectivity index (χ3n) is 4.71. The molecule has 0 aliphatic heterocycles. The van der Waals surface area contributed by atoms with E-state index in [1.54, 1.807) is 0 Å². The van der Waals surface area contributed by atoms with E-state index in [1.165, 1.54) is 37.7 Å². The lowest BCUT2D eigenvalue weighted by Crippen LogP contribution is -2.37. The molecule has 1 saturated carbocycles. The van der Waals surface area contributed by atoms with E-state index < -0.39 is 0 Å². The highest BCUT2D eigenvalue weighted by atomic mass is 35.5. The van der Waals surface area contributed by atoms with Crippen molar-refractivity contribution in [2.45, 2.75) is 58.9 Å². The van der Waals surface area contributed by atoms with Crippen LogP contribution in [0.5, 0.6) is 0 Å². The van der Waals surface area contributed by atoms with Crippen molar-refractivity contribution < 1.29 is 0 Å². The van der Waals surface area contributed by atoms with E-state index >= 15 is 0 Å². The molecule has 21 heavy (non-hydrogen) atoms. The molecule has 1 N–H and O–H groups in total. The minimum atomic E-state index is 0.362. The quantitative estimate of drug-likeness (QED) is 0.651. The predicted molar refractivity (Wildman–Crippen MR) is 93.2 cm³/mol. The normalized spacial score (nSPS) is 19.1. The second kappa shape index (κ2) is 7.35. The molecule has 1 aliphatic rings. The van der Waals surface area contributed by atoms with Gasteiger partial charge in [0.1, 0.15) is 0 Å². The monoisotopic (exact) mass is 327 g/mol. The smallest absolute Gasteiger partial charge is 0.0595 e. The summed E-state index contributed by atoms with van der Waals surface area (Å²) in [6, 6.07) is 6.50. The molecule has 1 fully saturated rings. The molecule has 1 aromatic rings. The van der Waals surface area contributed by atoms with Crippen LogP contribution in [0.2, 0.25) is 10.0 Å². The Morgan fingerprint density at radius 3 is 2.33 bits per heavy atom. The van der Waals surface area contributed by atoms with Gasteiger partial charge in [0, 0.05) is 6.04 Å². The first kappa shape index (κ1) is 17.1. The Hall–Kier alpha value is -0.240. The van der Waals surface area contributed by atoms with Crippen molar-refractivity contribution in [1.29, 1.82) is 0 Å². The Balaban J connectivity index is 2.37. The Labute approximate surface area is 139 Å². The fraction of sp³-hybridized carbons (Fsp3) is 0.667. The number of benzene rings is 1. The van der Waals surface area contributed by atoms with Crippen molar-refractivity contribution in [3.05, 3.63) is 33.8 Å². The molecule has 0 spiro atoms. The first-order chi connectivity index (χ1) is 9.98. The molecule has 0 saturated heterocycles. The summed E-state index contributed by atoms with van der Waals surface area (Å²) >= 11 is 12.3. The van der Waals surface area contributed by atoms with E-state index in [-0.39, 0.29) is 0 Å². The van der Waals surface area contributed by atoms with Crippen LogP contribution in [0.15, 0.2) is 18.2 Å². The summed E-state index contributed by atoms with van der Waals surface area (Å²) < 4.78 is 0. The molecule has 2 rings (SSSR count). The zero-order valence-corrected chi connectivity index (χ0v) is 14.9. The SMILES string of the molecule is CCNC(c1ccc(Cl)c(Cl)c1)C1(CC(C)C)CCCC1. The molecule has 118 valence electrons. The zero-order valence-electron chi connectivity index (χ0n) is 13.4. The van der Waals surface area contributed by atoms with Gasteiger partial charge >= 0.3 is 0 Å². The van der Waals surface area contributed by atoms with Gasteiger partial charge in [-0.25, -0.2) is 0 Å². The largest absolute Gasteiger partial charge is 0.310 e. The van der Waals surface area contributed by atoms with E-state index in [0.29, 0.717) is 27.4 Å². The molecule has 1 nitrogen and oxygen atoms in total. The predicted octanol–water partition coefficient (Wildman–Crippen LogP) is 6.25. The Bertz CT molecular complexity index is 464. The van der Waals surface area contributed by atoms with E-state index in [9.17, 15) is 0 Å². The summed E-state index contributed by atoms with van der Waals surface area (Å²) in [5.41, 5.74) is 1.65. The Kier molecular flexibility index (Phi) is 5.99. The van der Waals surface area contributed by atoms with Gasteiger partial charge in [-0.1, -0.05) is 62.9 Å². The van der Waals surface area contributed by atoms with Crippen molar-refractivity contribution in [2.24, 2.45) is 11.3 Å². The Morgan fingerprint density at radius 1 is 1.14 bits per heavy atom. The lowest BCUT2D eigenvalue weighted by atomic mass is 9.70. The highest BCUT2D eigenvalue weighted by Gasteiger charge is 2.42. The highest BCUT2D eigenvalue weighted by molar-refractivity contribution is 6.42. The van der Waals surface area contributed by atoms with E-state index in [1.807, 2.05) is 6.07 Å². The minimum absolute atomic E-state index is 0.362. The lowest BCUT2D eigenvalue weighted by Gasteiger charge is -2.40. The second-order valence-corrected chi connectivity index (χ2v) is 7.65. The van der Waals surface area contributed by atoms with Gasteiger partial charge in [-0.2, -0.15) is 0 Å². The molecule has 0 bridgehead atoms. The van der Waals surface area contributed by atoms with Crippen molar-refractivity contribution in [3.8, 4) is 0 Å². The van der Waals surface area contributed by atoms with Crippen LogP contribution in [0.3, 0.4) is 0 Å². The van der Waals surface area contributed by atoms with Crippen LogP contribution in [0.4, 0.5) is 0 Å². The van der Waals surface area contributed by atoms with Crippen molar-refractivity contribution in [2.75, 3.05) is 6.54 Å². The summed E-state index contributed by atoms with van der Waals surface area (Å²) in [6.45, 7) is 7.82. The van der Waals surface area contributed by atoms with Crippen LogP contribution in [-0.2, 0) is 0 Å². The fourth-order valence-electron chi connectivity index (χ4n) is 4.09. The van der Waals surface area contributed by atoms with E-state index in [2.05, 4.69) is 38.2 Å². The Morgan fingerprint density at radius 2 is 1.81 bits per heavy atom. The summed E-state index contributed by atoms with van der Waals surface area (Å²) in [5, 5.41) is 5.03. The van der Waals surface area contributed by atoms with Gasteiger partial charge in [-0.3, -0.25) is 0 Å². The molecule has 3 heteroatoms. The van der Waals surface area contributed by atoms with Crippen molar-refractivity contribution >= 4 is 23.2 Å². The maximum absolute atomic E-state index is 6.26. The molecule has 1 unspecified atom stereocenters. The summed E-state index contributed by atoms with van der Waals surface area (Å²) in [4.78, 5) is 0. The van der Waals surface area contributed by atoms with Gasteiger partial charge in [-0.15, -0.1) is 0 Å². The summed E-state index contributed by atoms with van der Waals surface area (Å²) in [7, 11) is 0. The molecular formula is C18H27Cl2N. The van der Waals surface area contributed by atoms with Gasteiger partial charge in [-0.05, 0) is 54.8 Å². The maximum Gasteiger partial charge on any atom is 0.0595 e. The first-order valence-electron chi connectivity index (χ1n) is 8.17. The summed E-state index contributed by atoms with van der Waals surface area (Å²) in [6.07, 6.45) is 6.57. The molecular weight excluding hydrogens is 301 g/mol. The highest BCUT2D eigenvalue weighted by Crippen LogP contribution is 2.52. The molecule has 1 aromatic carbocycles. The van der Waals surface area contributed by atoms with Crippen molar-refractivity contribution in [3.63, 3.8) is 0 Å². The van der Waals surface area contributed by atoms with E-state index in [4.69, 9.17) is 23.2 Å². The number of nitrogens with one attached hydrogen (secondary N) is 1. The molecule has 0 radical (unpaired) electrons. The number of hydrogen-bond donors (Lipinski definition) is 1. The number of halogens is 2. The molecule has 0 amide bonds. The third-order valence-corrected chi connectivity index (χ3v) is 5.45. The standard InChI is InChI=1S/C18H27Cl2N/c1-4-21-17(14-7-8-15(19)16(20)11-14)18(12-13(2)3)9-5-6-10-18/h7-8,11,13,17,21H,4-6,9-10,12H2,1-3H3. The van der Waals surface area contributed by atoms with Crippen LogP contribution >= 0.6 is 23.2 Å². The van der Waals surface area contributed by atoms with E-state index in [0.717, 1.165) is 6.54 Å². The van der Waals surface area contributed by atoms with Gasteiger partial charge in [0.2, 0.25) is 0 Å². The molecule has 1 aliphatic carbocycles. The molecule has 0 aromatic heterocycles.